The smallest absolute Gasteiger partial charge is 0.236 e. The molecule has 1 N–H and O–H groups in total. The van der Waals surface area contributed by atoms with Gasteiger partial charge in [-0.2, -0.15) is 15.2 Å². The standard InChI is InChI=1S/C23H28N6O2/c1-15-4-6-16(7-5-15)13-29-14-26-23-21(29)22(27-20(11-24)28-23)25-12-17-8-9-18(30-2)10-19(17)31-3/h8-10,14-16H,4-7,12-13H2,1-3H3,(H,25,27,28)/t15-,16-. The molecule has 2 heterocycles. The molecule has 0 saturated heterocycles. The minimum Gasteiger partial charge on any atom is -0.497 e. The van der Waals surface area contributed by atoms with Crippen LogP contribution >= 0.6 is 0 Å². The summed E-state index contributed by atoms with van der Waals surface area (Å²) in [6.07, 6.45) is 6.81. The number of hydrogen-bond donors (Lipinski definition) is 1. The van der Waals surface area contributed by atoms with Gasteiger partial charge >= 0.3 is 0 Å². The number of rotatable bonds is 7. The first kappa shape index (κ1) is 20.9. The largest absolute Gasteiger partial charge is 0.497 e. The Morgan fingerprint density at radius 2 is 1.97 bits per heavy atom. The lowest BCUT2D eigenvalue weighted by Crippen LogP contribution is -2.18. The van der Waals surface area contributed by atoms with Gasteiger partial charge < -0.3 is 19.4 Å². The van der Waals surface area contributed by atoms with Crippen LogP contribution < -0.4 is 14.8 Å². The molecule has 1 saturated carbocycles. The van der Waals surface area contributed by atoms with E-state index in [1.165, 1.54) is 25.7 Å². The second kappa shape index (κ2) is 9.21. The average molecular weight is 421 g/mol. The molecule has 1 aliphatic rings. The molecule has 0 spiro atoms. The van der Waals surface area contributed by atoms with Crippen LogP contribution in [0.25, 0.3) is 11.2 Å². The molecule has 1 fully saturated rings. The van der Waals surface area contributed by atoms with Crippen LogP contribution in [-0.2, 0) is 13.1 Å². The Labute approximate surface area is 182 Å². The van der Waals surface area contributed by atoms with Gasteiger partial charge in [0.15, 0.2) is 11.5 Å². The van der Waals surface area contributed by atoms with Crippen molar-refractivity contribution in [1.82, 2.24) is 19.5 Å². The average Bonchev–Trinajstić information content (AvgIpc) is 3.21. The summed E-state index contributed by atoms with van der Waals surface area (Å²) >= 11 is 0. The fraction of sp³-hybridized carbons (Fsp3) is 0.478. The number of nitrogens with one attached hydrogen (secondary N) is 1. The van der Waals surface area contributed by atoms with E-state index in [0.29, 0.717) is 23.9 Å². The lowest BCUT2D eigenvalue weighted by atomic mass is 9.83. The topological polar surface area (TPSA) is 97.9 Å². The fourth-order valence-electron chi connectivity index (χ4n) is 4.26. The summed E-state index contributed by atoms with van der Waals surface area (Å²) < 4.78 is 12.9. The second-order valence-electron chi connectivity index (χ2n) is 8.23. The highest BCUT2D eigenvalue weighted by Crippen LogP contribution is 2.31. The molecule has 0 atom stereocenters. The van der Waals surface area contributed by atoms with E-state index in [1.807, 2.05) is 30.6 Å². The quantitative estimate of drug-likeness (QED) is 0.613. The van der Waals surface area contributed by atoms with Gasteiger partial charge in [-0.25, -0.2) is 4.98 Å². The van der Waals surface area contributed by atoms with Crippen molar-refractivity contribution in [2.75, 3.05) is 19.5 Å². The summed E-state index contributed by atoms with van der Waals surface area (Å²) in [5, 5.41) is 12.7. The van der Waals surface area contributed by atoms with Crippen LogP contribution in [0.5, 0.6) is 11.5 Å². The molecule has 8 heteroatoms. The maximum absolute atomic E-state index is 9.37. The van der Waals surface area contributed by atoms with Gasteiger partial charge in [-0.1, -0.05) is 19.8 Å². The van der Waals surface area contributed by atoms with E-state index in [0.717, 1.165) is 35.0 Å². The number of nitrogens with zero attached hydrogens (tertiary/aromatic N) is 5. The van der Waals surface area contributed by atoms with Crippen molar-refractivity contribution in [1.29, 1.82) is 5.26 Å². The van der Waals surface area contributed by atoms with Gasteiger partial charge in [-0.3, -0.25) is 0 Å². The number of anilines is 1. The number of fused-ring (bicyclic) bond motifs is 1. The molecular formula is C23H28N6O2. The number of benzene rings is 1. The van der Waals surface area contributed by atoms with Crippen LogP contribution in [-0.4, -0.2) is 33.7 Å². The van der Waals surface area contributed by atoms with E-state index >= 15 is 0 Å². The predicted octanol–water partition coefficient (Wildman–Crippen LogP) is 4.15. The molecule has 4 rings (SSSR count). The van der Waals surface area contributed by atoms with Crippen LogP contribution in [0.1, 0.15) is 44.0 Å². The highest BCUT2D eigenvalue weighted by molar-refractivity contribution is 5.83. The van der Waals surface area contributed by atoms with E-state index in [4.69, 9.17) is 9.47 Å². The highest BCUT2D eigenvalue weighted by Gasteiger charge is 2.21. The molecule has 0 aliphatic heterocycles. The highest BCUT2D eigenvalue weighted by atomic mass is 16.5. The molecule has 0 unspecified atom stereocenters. The third-order valence-electron chi connectivity index (χ3n) is 6.10. The van der Waals surface area contributed by atoms with Crippen LogP contribution in [0.4, 0.5) is 5.82 Å². The third kappa shape index (κ3) is 4.55. The first-order valence-electron chi connectivity index (χ1n) is 10.7. The van der Waals surface area contributed by atoms with Crippen molar-refractivity contribution in [2.45, 2.75) is 45.7 Å². The molecule has 3 aromatic rings. The first-order chi connectivity index (χ1) is 15.1. The van der Waals surface area contributed by atoms with Crippen LogP contribution in [0, 0.1) is 23.2 Å². The molecule has 0 amide bonds. The van der Waals surface area contributed by atoms with E-state index < -0.39 is 0 Å². The molecule has 162 valence electrons. The molecule has 1 aliphatic carbocycles. The van der Waals surface area contributed by atoms with Crippen LogP contribution in [0.2, 0.25) is 0 Å². The number of methoxy groups -OCH3 is 2. The SMILES string of the molecule is COc1ccc(CNc2nc(C#N)nc3ncn(C[C@H]4CC[C@H](C)CC4)c23)c(OC)c1. The summed E-state index contributed by atoms with van der Waals surface area (Å²) in [6.45, 7) is 3.70. The van der Waals surface area contributed by atoms with Crippen LogP contribution in [0.3, 0.4) is 0 Å². The van der Waals surface area contributed by atoms with E-state index in [2.05, 4.69) is 31.8 Å². The number of hydrogen-bond acceptors (Lipinski definition) is 7. The van der Waals surface area contributed by atoms with Crippen LogP contribution in [0.15, 0.2) is 24.5 Å². The molecule has 0 radical (unpaired) electrons. The Morgan fingerprint density at radius 3 is 2.68 bits per heavy atom. The van der Waals surface area contributed by atoms with Crippen molar-refractivity contribution in [3.8, 4) is 17.6 Å². The Balaban J connectivity index is 1.62. The number of nitriles is 1. The summed E-state index contributed by atoms with van der Waals surface area (Å²) in [4.78, 5) is 13.2. The predicted molar refractivity (Wildman–Crippen MR) is 118 cm³/mol. The van der Waals surface area contributed by atoms with E-state index in [-0.39, 0.29) is 5.82 Å². The number of imidazole rings is 1. The van der Waals surface area contributed by atoms with Gasteiger partial charge in [-0.05, 0) is 36.8 Å². The summed E-state index contributed by atoms with van der Waals surface area (Å²) in [7, 11) is 3.26. The molecule has 31 heavy (non-hydrogen) atoms. The number of aromatic nitrogens is 4. The summed E-state index contributed by atoms with van der Waals surface area (Å²) in [5.41, 5.74) is 2.34. The Kier molecular flexibility index (Phi) is 6.21. The van der Waals surface area contributed by atoms with Crippen molar-refractivity contribution in [3.05, 3.63) is 35.9 Å². The maximum atomic E-state index is 9.37. The minimum atomic E-state index is 0.105. The van der Waals surface area contributed by atoms with Gasteiger partial charge in [0, 0.05) is 24.7 Å². The Morgan fingerprint density at radius 1 is 1.16 bits per heavy atom. The van der Waals surface area contributed by atoms with E-state index in [9.17, 15) is 5.26 Å². The zero-order valence-corrected chi connectivity index (χ0v) is 18.3. The van der Waals surface area contributed by atoms with Crippen molar-refractivity contribution < 1.29 is 9.47 Å². The number of ether oxygens (including phenoxy) is 2. The van der Waals surface area contributed by atoms with Crippen molar-refractivity contribution in [2.24, 2.45) is 11.8 Å². The Bertz CT molecular complexity index is 1100. The first-order valence-corrected chi connectivity index (χ1v) is 10.7. The van der Waals surface area contributed by atoms with Crippen molar-refractivity contribution in [3.63, 3.8) is 0 Å². The molecule has 0 bridgehead atoms. The lowest BCUT2D eigenvalue weighted by Gasteiger charge is -2.26. The molecule has 1 aromatic carbocycles. The van der Waals surface area contributed by atoms with Gasteiger partial charge in [0.05, 0.1) is 20.5 Å². The fourth-order valence-corrected chi connectivity index (χ4v) is 4.26. The minimum absolute atomic E-state index is 0.105. The monoisotopic (exact) mass is 420 g/mol. The normalized spacial score (nSPS) is 18.5. The zero-order valence-electron chi connectivity index (χ0n) is 18.3. The van der Waals surface area contributed by atoms with Gasteiger partial charge in [-0.15, -0.1) is 0 Å². The van der Waals surface area contributed by atoms with Gasteiger partial charge in [0.1, 0.15) is 23.1 Å². The molecule has 2 aromatic heterocycles. The molecule has 8 nitrogen and oxygen atoms in total. The third-order valence-corrected chi connectivity index (χ3v) is 6.10. The summed E-state index contributed by atoms with van der Waals surface area (Å²) in [6, 6.07) is 7.73. The van der Waals surface area contributed by atoms with Gasteiger partial charge in [0.2, 0.25) is 5.82 Å². The summed E-state index contributed by atoms with van der Waals surface area (Å²) in [5.74, 6) is 3.61. The molecular weight excluding hydrogens is 392 g/mol. The van der Waals surface area contributed by atoms with E-state index in [1.54, 1.807) is 14.2 Å². The Hall–Kier alpha value is -3.34. The van der Waals surface area contributed by atoms with Crippen molar-refractivity contribution >= 4 is 17.0 Å². The van der Waals surface area contributed by atoms with Gasteiger partial charge in [0.25, 0.3) is 0 Å². The lowest BCUT2D eigenvalue weighted by molar-refractivity contribution is 0.266. The zero-order chi connectivity index (χ0) is 21.8. The maximum Gasteiger partial charge on any atom is 0.236 e. The second-order valence-corrected chi connectivity index (χ2v) is 8.23.